The summed E-state index contributed by atoms with van der Waals surface area (Å²) in [4.78, 5) is 23.1. The molecule has 5 heteroatoms. The Kier molecular flexibility index (Phi) is 3.47. The van der Waals surface area contributed by atoms with E-state index in [-0.39, 0.29) is 5.91 Å². The van der Waals surface area contributed by atoms with E-state index in [9.17, 15) is 9.59 Å². The fraction of sp³-hybridized carbons (Fsp3) is 0.500. The van der Waals surface area contributed by atoms with Gasteiger partial charge in [-0.05, 0) is 30.2 Å². The third kappa shape index (κ3) is 2.66. The molecule has 1 aliphatic carbocycles. The monoisotopic (exact) mass is 253 g/mol. The lowest BCUT2D eigenvalue weighted by molar-refractivity contribution is -0.145. The summed E-state index contributed by atoms with van der Waals surface area (Å²) < 4.78 is 0. The fourth-order valence-corrected chi connectivity index (χ4v) is 3.01. The van der Waals surface area contributed by atoms with E-state index in [0.29, 0.717) is 18.8 Å². The topological polar surface area (TPSA) is 66.4 Å². The Morgan fingerprint density at radius 2 is 2.12 bits per heavy atom. The van der Waals surface area contributed by atoms with E-state index in [1.54, 1.807) is 0 Å². The number of hydrogen-bond acceptors (Lipinski definition) is 3. The van der Waals surface area contributed by atoms with Gasteiger partial charge in [-0.1, -0.05) is 6.92 Å². The Hall–Kier alpha value is -1.36. The Morgan fingerprint density at radius 1 is 1.41 bits per heavy atom. The SMILES string of the molecule is CC1CC(C(=O)O)C(C(=O)Nc2ccsc2)C1. The minimum absolute atomic E-state index is 0.167. The van der Waals surface area contributed by atoms with Crippen LogP contribution in [0, 0.1) is 17.8 Å². The Labute approximate surface area is 104 Å². The molecule has 17 heavy (non-hydrogen) atoms. The second-order valence-corrected chi connectivity index (χ2v) is 5.41. The maximum Gasteiger partial charge on any atom is 0.307 e. The number of hydrogen-bond donors (Lipinski definition) is 2. The van der Waals surface area contributed by atoms with Crippen LogP contribution >= 0.6 is 11.3 Å². The number of carboxylic acids is 1. The molecule has 92 valence electrons. The number of carbonyl (C=O) groups excluding carboxylic acids is 1. The van der Waals surface area contributed by atoms with Crippen LogP contribution in [0.3, 0.4) is 0 Å². The largest absolute Gasteiger partial charge is 0.481 e. The van der Waals surface area contributed by atoms with Crippen molar-refractivity contribution in [1.29, 1.82) is 0 Å². The first-order valence-electron chi connectivity index (χ1n) is 5.63. The molecule has 0 bridgehead atoms. The van der Waals surface area contributed by atoms with Crippen LogP contribution in [-0.4, -0.2) is 17.0 Å². The van der Waals surface area contributed by atoms with E-state index in [0.717, 1.165) is 5.69 Å². The molecule has 0 saturated heterocycles. The van der Waals surface area contributed by atoms with Crippen molar-refractivity contribution in [2.24, 2.45) is 17.8 Å². The van der Waals surface area contributed by atoms with Gasteiger partial charge in [0.15, 0.2) is 0 Å². The summed E-state index contributed by atoms with van der Waals surface area (Å²) in [6.07, 6.45) is 1.25. The van der Waals surface area contributed by atoms with Gasteiger partial charge in [0.25, 0.3) is 0 Å². The Morgan fingerprint density at radius 3 is 2.71 bits per heavy atom. The van der Waals surface area contributed by atoms with Gasteiger partial charge in [-0.15, -0.1) is 0 Å². The molecule has 0 aliphatic heterocycles. The molecule has 4 nitrogen and oxygen atoms in total. The molecule has 1 fully saturated rings. The number of thiophene rings is 1. The summed E-state index contributed by atoms with van der Waals surface area (Å²) in [6, 6.07) is 1.82. The molecule has 0 spiro atoms. The minimum Gasteiger partial charge on any atom is -0.481 e. The first-order valence-corrected chi connectivity index (χ1v) is 6.58. The van der Waals surface area contributed by atoms with Crippen molar-refractivity contribution in [3.05, 3.63) is 16.8 Å². The van der Waals surface area contributed by atoms with Gasteiger partial charge in [0, 0.05) is 5.38 Å². The summed E-state index contributed by atoms with van der Waals surface area (Å²) in [5.41, 5.74) is 0.753. The fourth-order valence-electron chi connectivity index (χ4n) is 2.42. The van der Waals surface area contributed by atoms with Crippen LogP contribution in [0.15, 0.2) is 16.8 Å². The maximum atomic E-state index is 12.0. The normalized spacial score (nSPS) is 27.9. The molecule has 1 amide bonds. The van der Waals surface area contributed by atoms with Gasteiger partial charge in [-0.3, -0.25) is 9.59 Å². The van der Waals surface area contributed by atoms with Crippen LogP contribution in [0.2, 0.25) is 0 Å². The average molecular weight is 253 g/mol. The minimum atomic E-state index is -0.861. The van der Waals surface area contributed by atoms with Crippen molar-refractivity contribution < 1.29 is 14.7 Å². The Balaban J connectivity index is 2.05. The molecule has 1 aliphatic rings. The second kappa shape index (κ2) is 4.87. The van der Waals surface area contributed by atoms with Crippen molar-refractivity contribution in [2.45, 2.75) is 19.8 Å². The van der Waals surface area contributed by atoms with Crippen LogP contribution in [0.1, 0.15) is 19.8 Å². The Bertz CT molecular complexity index is 415. The maximum absolute atomic E-state index is 12.0. The molecule has 3 atom stereocenters. The molecule has 2 N–H and O–H groups in total. The van der Waals surface area contributed by atoms with Gasteiger partial charge >= 0.3 is 5.97 Å². The quantitative estimate of drug-likeness (QED) is 0.869. The van der Waals surface area contributed by atoms with Gasteiger partial charge in [0.2, 0.25) is 5.91 Å². The first-order chi connectivity index (χ1) is 8.08. The van der Waals surface area contributed by atoms with Gasteiger partial charge in [0.05, 0.1) is 17.5 Å². The predicted molar refractivity (Wildman–Crippen MR) is 66.0 cm³/mol. The van der Waals surface area contributed by atoms with E-state index < -0.39 is 17.8 Å². The van der Waals surface area contributed by atoms with Crippen molar-refractivity contribution >= 4 is 28.9 Å². The molecule has 1 aromatic rings. The van der Waals surface area contributed by atoms with Crippen LogP contribution in [0.4, 0.5) is 5.69 Å². The molecular formula is C12H15NO3S. The number of aliphatic carboxylic acids is 1. The summed E-state index contributed by atoms with van der Waals surface area (Å²) in [7, 11) is 0. The predicted octanol–water partition coefficient (Wildman–Crippen LogP) is 2.43. The van der Waals surface area contributed by atoms with Crippen LogP contribution in [-0.2, 0) is 9.59 Å². The van der Waals surface area contributed by atoms with Crippen molar-refractivity contribution in [1.82, 2.24) is 0 Å². The van der Waals surface area contributed by atoms with Crippen molar-refractivity contribution in [3.63, 3.8) is 0 Å². The molecule has 2 rings (SSSR count). The number of nitrogens with one attached hydrogen (secondary N) is 1. The highest BCUT2D eigenvalue weighted by atomic mass is 32.1. The highest BCUT2D eigenvalue weighted by Crippen LogP contribution is 2.37. The first kappa shape index (κ1) is 12.1. The molecule has 1 saturated carbocycles. The van der Waals surface area contributed by atoms with Crippen molar-refractivity contribution in [3.8, 4) is 0 Å². The third-order valence-electron chi connectivity index (χ3n) is 3.24. The molecule has 3 unspecified atom stereocenters. The smallest absolute Gasteiger partial charge is 0.307 e. The summed E-state index contributed by atoms with van der Waals surface area (Å²) >= 11 is 1.50. The number of rotatable bonds is 3. The zero-order valence-corrected chi connectivity index (χ0v) is 10.4. The van der Waals surface area contributed by atoms with E-state index in [1.165, 1.54) is 11.3 Å². The third-order valence-corrected chi connectivity index (χ3v) is 3.92. The highest BCUT2D eigenvalue weighted by molar-refractivity contribution is 7.08. The van der Waals surface area contributed by atoms with Gasteiger partial charge in [-0.2, -0.15) is 11.3 Å². The lowest BCUT2D eigenvalue weighted by Gasteiger charge is -2.14. The summed E-state index contributed by atoms with van der Waals surface area (Å²) in [6.45, 7) is 1.99. The highest BCUT2D eigenvalue weighted by Gasteiger charge is 2.41. The van der Waals surface area contributed by atoms with Gasteiger partial charge < -0.3 is 10.4 Å². The van der Waals surface area contributed by atoms with E-state index in [4.69, 9.17) is 5.11 Å². The van der Waals surface area contributed by atoms with E-state index >= 15 is 0 Å². The second-order valence-electron chi connectivity index (χ2n) is 4.63. The lowest BCUT2D eigenvalue weighted by atomic mass is 9.95. The molecular weight excluding hydrogens is 238 g/mol. The van der Waals surface area contributed by atoms with E-state index in [2.05, 4.69) is 5.32 Å². The molecule has 1 aromatic heterocycles. The van der Waals surface area contributed by atoms with Crippen LogP contribution in [0.5, 0.6) is 0 Å². The summed E-state index contributed by atoms with van der Waals surface area (Å²) in [5.74, 6) is -1.67. The average Bonchev–Trinajstić information content (AvgIpc) is 2.86. The molecule has 0 aromatic carbocycles. The van der Waals surface area contributed by atoms with E-state index in [1.807, 2.05) is 23.8 Å². The molecule has 1 heterocycles. The van der Waals surface area contributed by atoms with Gasteiger partial charge in [-0.25, -0.2) is 0 Å². The van der Waals surface area contributed by atoms with Crippen molar-refractivity contribution in [2.75, 3.05) is 5.32 Å². The number of anilines is 1. The van der Waals surface area contributed by atoms with Crippen LogP contribution < -0.4 is 5.32 Å². The zero-order valence-electron chi connectivity index (χ0n) is 9.55. The number of carboxylic acid groups (broad SMARTS) is 1. The van der Waals surface area contributed by atoms with Crippen LogP contribution in [0.25, 0.3) is 0 Å². The number of amides is 1. The van der Waals surface area contributed by atoms with Gasteiger partial charge in [0.1, 0.15) is 0 Å². The summed E-state index contributed by atoms with van der Waals surface area (Å²) in [5, 5.41) is 15.6. The standard InChI is InChI=1S/C12H15NO3S/c1-7-4-9(10(5-7)12(15)16)11(14)13-8-2-3-17-6-8/h2-3,6-7,9-10H,4-5H2,1H3,(H,13,14)(H,15,16). The zero-order chi connectivity index (χ0) is 12.4. The number of carbonyl (C=O) groups is 2. The molecule has 0 radical (unpaired) electrons. The lowest BCUT2D eigenvalue weighted by Crippen LogP contribution is -2.29.